The molecule has 0 aliphatic carbocycles. The number of nitrogens with zero attached hydrogens (tertiary/aromatic N) is 3. The molecule has 21 heavy (non-hydrogen) atoms. The molecule has 0 fully saturated rings. The molecule has 0 radical (unpaired) electrons. The van der Waals surface area contributed by atoms with Crippen LogP contribution in [0.4, 0.5) is 11.5 Å². The van der Waals surface area contributed by atoms with Gasteiger partial charge >= 0.3 is 5.69 Å². The van der Waals surface area contributed by atoms with E-state index in [-0.39, 0.29) is 11.0 Å². The summed E-state index contributed by atoms with van der Waals surface area (Å²) in [6.07, 6.45) is 1.04. The highest BCUT2D eigenvalue weighted by atomic mass is 79.9. The van der Waals surface area contributed by atoms with E-state index >= 15 is 0 Å². The maximum atomic E-state index is 12.0. The minimum Gasteiger partial charge on any atom is -0.276 e. The van der Waals surface area contributed by atoms with E-state index in [9.17, 15) is 14.9 Å². The third-order valence-electron chi connectivity index (χ3n) is 2.37. The van der Waals surface area contributed by atoms with E-state index in [4.69, 9.17) is 11.6 Å². The monoisotopic (exact) mass is 371 g/mol. The predicted molar refractivity (Wildman–Crippen MR) is 78.9 cm³/mol. The normalized spacial score (nSPS) is 10.0. The van der Waals surface area contributed by atoms with Crippen molar-refractivity contribution < 1.29 is 9.72 Å². The number of carbonyl (C=O) groups is 1. The molecule has 108 valence electrons. The van der Waals surface area contributed by atoms with Crippen molar-refractivity contribution in [1.82, 2.24) is 15.4 Å². The van der Waals surface area contributed by atoms with Crippen LogP contribution in [-0.2, 0) is 0 Å². The second kappa shape index (κ2) is 6.46. The van der Waals surface area contributed by atoms with Crippen LogP contribution in [0.1, 0.15) is 10.4 Å². The lowest BCUT2D eigenvalue weighted by atomic mass is 10.2. The van der Waals surface area contributed by atoms with Gasteiger partial charge in [0.1, 0.15) is 6.33 Å². The standard InChI is InChI=1S/C11H7BrClN5O3/c12-7-4-2-1-3-6(7)11(19)17-16-10-8(18(20)21)9(13)14-5-15-10/h1-5H,(H,17,19)(H,14,15,16). The zero-order chi connectivity index (χ0) is 15.4. The largest absolute Gasteiger partial charge is 0.350 e. The quantitative estimate of drug-likeness (QED) is 0.485. The van der Waals surface area contributed by atoms with Gasteiger partial charge in [-0.2, -0.15) is 0 Å². The number of carbonyl (C=O) groups excluding carboxylic acids is 1. The molecular formula is C11H7BrClN5O3. The first-order chi connectivity index (χ1) is 10.0. The molecule has 0 unspecified atom stereocenters. The van der Waals surface area contributed by atoms with Gasteiger partial charge in [-0.3, -0.25) is 25.8 Å². The Hall–Kier alpha value is -2.26. The van der Waals surface area contributed by atoms with Gasteiger partial charge in [0.2, 0.25) is 11.0 Å². The van der Waals surface area contributed by atoms with Crippen LogP contribution in [0.15, 0.2) is 35.1 Å². The summed E-state index contributed by atoms with van der Waals surface area (Å²) in [5.74, 6) is -0.702. The summed E-state index contributed by atoms with van der Waals surface area (Å²) in [5.41, 5.74) is 4.50. The molecule has 0 saturated heterocycles. The number of nitro groups is 1. The summed E-state index contributed by atoms with van der Waals surface area (Å²) in [4.78, 5) is 29.3. The second-order valence-corrected chi connectivity index (χ2v) is 4.89. The molecule has 2 rings (SSSR count). The molecule has 10 heteroatoms. The fourth-order valence-corrected chi connectivity index (χ4v) is 2.11. The Morgan fingerprint density at radius 1 is 1.33 bits per heavy atom. The van der Waals surface area contributed by atoms with Crippen LogP contribution in [0.2, 0.25) is 5.15 Å². The zero-order valence-corrected chi connectivity index (χ0v) is 12.6. The SMILES string of the molecule is O=C(NNc1ncnc(Cl)c1[N+](=O)[O-])c1ccccc1Br. The van der Waals surface area contributed by atoms with Crippen molar-refractivity contribution in [3.63, 3.8) is 0 Å². The van der Waals surface area contributed by atoms with Gasteiger partial charge in [-0.05, 0) is 28.1 Å². The molecule has 1 heterocycles. The molecule has 8 nitrogen and oxygen atoms in total. The average Bonchev–Trinajstić information content (AvgIpc) is 2.44. The highest BCUT2D eigenvalue weighted by molar-refractivity contribution is 9.10. The number of hydrogen-bond acceptors (Lipinski definition) is 6. The molecule has 0 atom stereocenters. The lowest BCUT2D eigenvalue weighted by Crippen LogP contribution is -2.30. The summed E-state index contributed by atoms with van der Waals surface area (Å²) in [6, 6.07) is 6.72. The molecule has 1 amide bonds. The van der Waals surface area contributed by atoms with Crippen LogP contribution in [0.25, 0.3) is 0 Å². The van der Waals surface area contributed by atoms with Crippen LogP contribution < -0.4 is 10.9 Å². The van der Waals surface area contributed by atoms with Gasteiger partial charge in [-0.15, -0.1) is 0 Å². The molecule has 0 saturated carbocycles. The summed E-state index contributed by atoms with van der Waals surface area (Å²) >= 11 is 8.86. The van der Waals surface area contributed by atoms with Crippen molar-refractivity contribution in [1.29, 1.82) is 0 Å². The third-order valence-corrected chi connectivity index (χ3v) is 3.34. The number of halogens is 2. The number of nitrogens with one attached hydrogen (secondary N) is 2. The summed E-state index contributed by atoms with van der Waals surface area (Å²) in [7, 11) is 0. The van der Waals surface area contributed by atoms with E-state index in [0.717, 1.165) is 6.33 Å². The van der Waals surface area contributed by atoms with Crippen molar-refractivity contribution in [2.45, 2.75) is 0 Å². The Bertz CT molecular complexity index is 712. The average molecular weight is 373 g/mol. The summed E-state index contributed by atoms with van der Waals surface area (Å²) in [5, 5.41) is 10.6. The van der Waals surface area contributed by atoms with Crippen LogP contribution in [0, 0.1) is 10.1 Å². The number of hydrogen-bond donors (Lipinski definition) is 2. The number of hydrazine groups is 1. The molecule has 0 spiro atoms. The second-order valence-electron chi connectivity index (χ2n) is 3.68. The van der Waals surface area contributed by atoms with Crippen LogP contribution >= 0.6 is 27.5 Å². The highest BCUT2D eigenvalue weighted by Crippen LogP contribution is 2.27. The molecule has 1 aromatic heterocycles. The first-order valence-corrected chi connectivity index (χ1v) is 6.63. The van der Waals surface area contributed by atoms with E-state index in [0.29, 0.717) is 10.0 Å². The predicted octanol–water partition coefficient (Wildman–Crippen LogP) is 2.56. The molecule has 0 aliphatic rings. The van der Waals surface area contributed by atoms with Crippen molar-refractivity contribution >= 4 is 44.9 Å². The number of rotatable bonds is 4. The summed E-state index contributed by atoms with van der Waals surface area (Å²) in [6.45, 7) is 0. The smallest absolute Gasteiger partial charge is 0.276 e. The van der Waals surface area contributed by atoms with Gasteiger partial charge in [0.05, 0.1) is 10.5 Å². The molecule has 2 aromatic rings. The molecule has 0 bridgehead atoms. The Morgan fingerprint density at radius 3 is 2.71 bits per heavy atom. The van der Waals surface area contributed by atoms with Crippen molar-refractivity contribution in [2.24, 2.45) is 0 Å². The van der Waals surface area contributed by atoms with Crippen molar-refractivity contribution in [2.75, 3.05) is 5.43 Å². The van der Waals surface area contributed by atoms with Crippen molar-refractivity contribution in [3.05, 3.63) is 55.9 Å². The molecule has 2 N–H and O–H groups in total. The maximum absolute atomic E-state index is 12.0. The number of amides is 1. The Balaban J connectivity index is 2.18. The van der Waals surface area contributed by atoms with E-state index in [2.05, 4.69) is 36.7 Å². The van der Waals surface area contributed by atoms with E-state index < -0.39 is 16.5 Å². The fraction of sp³-hybridized carbons (Fsp3) is 0. The molecule has 0 aliphatic heterocycles. The first-order valence-electron chi connectivity index (χ1n) is 5.46. The third kappa shape index (κ3) is 3.44. The van der Waals surface area contributed by atoms with Crippen LogP contribution in [0.5, 0.6) is 0 Å². The number of aromatic nitrogens is 2. The first kappa shape index (κ1) is 15.1. The number of anilines is 1. The van der Waals surface area contributed by atoms with Gasteiger partial charge < -0.3 is 0 Å². The van der Waals surface area contributed by atoms with Crippen LogP contribution in [0.3, 0.4) is 0 Å². The topological polar surface area (TPSA) is 110 Å². The van der Waals surface area contributed by atoms with Gasteiger partial charge in [0.25, 0.3) is 5.91 Å². The molecular weight excluding hydrogens is 366 g/mol. The van der Waals surface area contributed by atoms with Crippen LogP contribution in [-0.4, -0.2) is 20.8 Å². The number of benzene rings is 1. The van der Waals surface area contributed by atoms with E-state index in [1.165, 1.54) is 0 Å². The van der Waals surface area contributed by atoms with Gasteiger partial charge in [0.15, 0.2) is 0 Å². The van der Waals surface area contributed by atoms with E-state index in [1.807, 2.05) is 0 Å². The Kier molecular flexibility index (Phi) is 4.66. The van der Waals surface area contributed by atoms with Gasteiger partial charge in [-0.1, -0.05) is 23.7 Å². The minimum absolute atomic E-state index is 0.208. The fourth-order valence-electron chi connectivity index (χ4n) is 1.44. The maximum Gasteiger partial charge on any atom is 0.350 e. The Labute approximate surface area is 131 Å². The Morgan fingerprint density at radius 2 is 2.05 bits per heavy atom. The van der Waals surface area contributed by atoms with Gasteiger partial charge in [-0.25, -0.2) is 9.97 Å². The summed E-state index contributed by atoms with van der Waals surface area (Å²) < 4.78 is 0.583. The lowest BCUT2D eigenvalue weighted by Gasteiger charge is -2.09. The highest BCUT2D eigenvalue weighted by Gasteiger charge is 2.22. The van der Waals surface area contributed by atoms with Crippen molar-refractivity contribution in [3.8, 4) is 0 Å². The van der Waals surface area contributed by atoms with Gasteiger partial charge in [0, 0.05) is 4.47 Å². The lowest BCUT2D eigenvalue weighted by molar-refractivity contribution is -0.384. The minimum atomic E-state index is -0.741. The van der Waals surface area contributed by atoms with E-state index in [1.54, 1.807) is 24.3 Å². The zero-order valence-electron chi connectivity index (χ0n) is 10.2. The molecule has 1 aromatic carbocycles.